The molecule has 110 valence electrons. The third-order valence-electron chi connectivity index (χ3n) is 5.08. The highest BCUT2D eigenvalue weighted by atomic mass is 15.2. The van der Waals surface area contributed by atoms with Gasteiger partial charge in [0.25, 0.3) is 0 Å². The van der Waals surface area contributed by atoms with Crippen molar-refractivity contribution in [1.82, 2.24) is 4.90 Å². The minimum Gasteiger partial charge on any atom is -0.371 e. The number of para-hydroxylation sites is 1. The van der Waals surface area contributed by atoms with Gasteiger partial charge in [0, 0.05) is 24.8 Å². The van der Waals surface area contributed by atoms with E-state index in [1.807, 2.05) is 0 Å². The highest BCUT2D eigenvalue weighted by Gasteiger charge is 2.27. The number of hydrogen-bond acceptors (Lipinski definition) is 3. The van der Waals surface area contributed by atoms with Crippen LogP contribution >= 0.6 is 0 Å². The second kappa shape index (κ2) is 6.59. The zero-order chi connectivity index (χ0) is 13.8. The lowest BCUT2D eigenvalue weighted by molar-refractivity contribution is 0.117. The van der Waals surface area contributed by atoms with Crippen molar-refractivity contribution in [1.29, 1.82) is 0 Å². The average Bonchev–Trinajstić information content (AvgIpc) is 2.56. The number of likely N-dealkylation sites (tertiary alicyclic amines) is 1. The summed E-state index contributed by atoms with van der Waals surface area (Å²) in [7, 11) is 0. The van der Waals surface area contributed by atoms with Gasteiger partial charge < -0.3 is 15.5 Å². The van der Waals surface area contributed by atoms with Crippen molar-refractivity contribution >= 4 is 5.69 Å². The maximum atomic E-state index is 5.78. The fourth-order valence-corrected chi connectivity index (χ4v) is 3.68. The Hall–Kier alpha value is -1.06. The van der Waals surface area contributed by atoms with E-state index >= 15 is 0 Å². The van der Waals surface area contributed by atoms with Gasteiger partial charge in [-0.1, -0.05) is 18.2 Å². The molecule has 0 aromatic heterocycles. The molecule has 0 atom stereocenters. The van der Waals surface area contributed by atoms with Crippen molar-refractivity contribution in [2.24, 2.45) is 11.7 Å². The molecule has 2 fully saturated rings. The summed E-state index contributed by atoms with van der Waals surface area (Å²) in [6.07, 6.45) is 5.22. The van der Waals surface area contributed by atoms with Crippen molar-refractivity contribution in [3.63, 3.8) is 0 Å². The summed E-state index contributed by atoms with van der Waals surface area (Å²) in [5.74, 6) is 0.774. The molecular weight excluding hydrogens is 246 g/mol. The van der Waals surface area contributed by atoms with Crippen LogP contribution in [0.2, 0.25) is 0 Å². The zero-order valence-electron chi connectivity index (χ0n) is 12.4. The van der Waals surface area contributed by atoms with Crippen LogP contribution in [0.5, 0.6) is 0 Å². The van der Waals surface area contributed by atoms with Gasteiger partial charge in [0.1, 0.15) is 0 Å². The summed E-state index contributed by atoms with van der Waals surface area (Å²) < 4.78 is 0. The third kappa shape index (κ3) is 3.15. The van der Waals surface area contributed by atoms with E-state index < -0.39 is 0 Å². The molecule has 0 amide bonds. The maximum Gasteiger partial charge on any atom is 0.0366 e. The fraction of sp³-hybridized carbons (Fsp3) is 0.647. The lowest BCUT2D eigenvalue weighted by atomic mass is 9.93. The van der Waals surface area contributed by atoms with Gasteiger partial charge in [0.2, 0.25) is 0 Å². The Labute approximate surface area is 122 Å². The maximum absolute atomic E-state index is 5.78. The number of anilines is 1. The van der Waals surface area contributed by atoms with Crippen molar-refractivity contribution < 1.29 is 0 Å². The Morgan fingerprint density at radius 3 is 2.15 bits per heavy atom. The zero-order valence-corrected chi connectivity index (χ0v) is 12.4. The Morgan fingerprint density at radius 1 is 0.900 bits per heavy atom. The number of hydrogen-bond donors (Lipinski definition) is 1. The molecule has 0 unspecified atom stereocenters. The van der Waals surface area contributed by atoms with E-state index in [9.17, 15) is 0 Å². The summed E-state index contributed by atoms with van der Waals surface area (Å²) in [5, 5.41) is 0. The van der Waals surface area contributed by atoms with Gasteiger partial charge in [-0.15, -0.1) is 0 Å². The molecule has 0 saturated carbocycles. The number of benzene rings is 1. The molecule has 0 radical (unpaired) electrons. The molecule has 1 aromatic carbocycles. The molecule has 2 saturated heterocycles. The Bertz CT molecular complexity index is 390. The molecule has 0 aliphatic carbocycles. The van der Waals surface area contributed by atoms with Crippen LogP contribution in [0, 0.1) is 5.92 Å². The largest absolute Gasteiger partial charge is 0.371 e. The fourth-order valence-electron chi connectivity index (χ4n) is 3.68. The number of nitrogens with two attached hydrogens (primary N) is 1. The highest BCUT2D eigenvalue weighted by Crippen LogP contribution is 2.25. The normalized spacial score (nSPS) is 23.1. The molecule has 3 nitrogen and oxygen atoms in total. The van der Waals surface area contributed by atoms with Gasteiger partial charge in [-0.2, -0.15) is 0 Å². The van der Waals surface area contributed by atoms with Gasteiger partial charge in [-0.05, 0) is 63.4 Å². The molecule has 2 N–H and O–H groups in total. The van der Waals surface area contributed by atoms with Crippen LogP contribution in [0.1, 0.15) is 25.7 Å². The minimum atomic E-state index is 0.774. The summed E-state index contributed by atoms with van der Waals surface area (Å²) >= 11 is 0. The predicted octanol–water partition coefficient (Wildman–Crippen LogP) is 2.33. The van der Waals surface area contributed by atoms with Crippen molar-refractivity contribution in [2.45, 2.75) is 31.7 Å². The smallest absolute Gasteiger partial charge is 0.0366 e. The van der Waals surface area contributed by atoms with Crippen LogP contribution in [0.3, 0.4) is 0 Å². The van der Waals surface area contributed by atoms with Crippen LogP contribution in [-0.4, -0.2) is 43.7 Å². The van der Waals surface area contributed by atoms with Crippen molar-refractivity contribution in [3.8, 4) is 0 Å². The second-order valence-corrected chi connectivity index (χ2v) is 6.27. The molecule has 20 heavy (non-hydrogen) atoms. The van der Waals surface area contributed by atoms with E-state index in [4.69, 9.17) is 5.73 Å². The number of rotatable bonds is 3. The van der Waals surface area contributed by atoms with Gasteiger partial charge >= 0.3 is 0 Å². The quantitative estimate of drug-likeness (QED) is 0.917. The first kappa shape index (κ1) is 13.9. The molecule has 0 spiro atoms. The molecule has 0 bridgehead atoms. The van der Waals surface area contributed by atoms with Crippen LogP contribution < -0.4 is 10.6 Å². The monoisotopic (exact) mass is 273 g/mol. The van der Waals surface area contributed by atoms with Crippen molar-refractivity contribution in [3.05, 3.63) is 30.3 Å². The Balaban J connectivity index is 1.49. The predicted molar refractivity (Wildman–Crippen MR) is 85.0 cm³/mol. The summed E-state index contributed by atoms with van der Waals surface area (Å²) in [4.78, 5) is 5.25. The lowest BCUT2D eigenvalue weighted by Gasteiger charge is -2.42. The molecule has 2 heterocycles. The van der Waals surface area contributed by atoms with Crippen molar-refractivity contribution in [2.75, 3.05) is 37.6 Å². The van der Waals surface area contributed by atoms with E-state index in [-0.39, 0.29) is 0 Å². The van der Waals surface area contributed by atoms with E-state index in [1.165, 1.54) is 57.5 Å². The second-order valence-electron chi connectivity index (χ2n) is 6.27. The van der Waals surface area contributed by atoms with Crippen LogP contribution in [0.4, 0.5) is 5.69 Å². The van der Waals surface area contributed by atoms with Gasteiger partial charge in [-0.3, -0.25) is 0 Å². The average molecular weight is 273 g/mol. The molecule has 3 rings (SSSR count). The molecule has 1 aromatic rings. The first-order valence-corrected chi connectivity index (χ1v) is 8.11. The molecule has 2 aliphatic rings. The molecule has 3 heteroatoms. The number of nitrogens with zero attached hydrogens (tertiary/aromatic N) is 2. The van der Waals surface area contributed by atoms with Gasteiger partial charge in [0.05, 0.1) is 0 Å². The Kier molecular flexibility index (Phi) is 4.58. The summed E-state index contributed by atoms with van der Waals surface area (Å²) in [6.45, 7) is 5.80. The first-order valence-electron chi connectivity index (χ1n) is 8.11. The highest BCUT2D eigenvalue weighted by molar-refractivity contribution is 5.46. The third-order valence-corrected chi connectivity index (χ3v) is 5.08. The Morgan fingerprint density at radius 2 is 1.55 bits per heavy atom. The van der Waals surface area contributed by atoms with Crippen LogP contribution in [-0.2, 0) is 0 Å². The van der Waals surface area contributed by atoms with E-state index in [1.54, 1.807) is 0 Å². The van der Waals surface area contributed by atoms with Gasteiger partial charge in [-0.25, -0.2) is 0 Å². The molecular formula is C17H27N3. The first-order chi connectivity index (χ1) is 9.86. The summed E-state index contributed by atoms with van der Waals surface area (Å²) in [5.41, 5.74) is 7.17. The minimum absolute atomic E-state index is 0.774. The summed E-state index contributed by atoms with van der Waals surface area (Å²) in [6, 6.07) is 11.6. The van der Waals surface area contributed by atoms with Gasteiger partial charge in [0.15, 0.2) is 0 Å². The molecule has 2 aliphatic heterocycles. The topological polar surface area (TPSA) is 32.5 Å². The van der Waals surface area contributed by atoms with Crippen LogP contribution in [0.15, 0.2) is 30.3 Å². The van der Waals surface area contributed by atoms with Crippen LogP contribution in [0.25, 0.3) is 0 Å². The van der Waals surface area contributed by atoms with E-state index in [0.29, 0.717) is 0 Å². The SMILES string of the molecule is NCC1CCN(C2CCN(c3ccccc3)CC2)CC1. The standard InChI is InChI=1S/C17H27N3/c18-14-15-6-10-19(11-7-15)17-8-12-20(13-9-17)16-4-2-1-3-5-16/h1-5,15,17H,6-14,18H2. The van der Waals surface area contributed by atoms with E-state index in [2.05, 4.69) is 40.1 Å². The lowest BCUT2D eigenvalue weighted by Crippen LogP contribution is -2.48. The van der Waals surface area contributed by atoms with E-state index in [0.717, 1.165) is 18.5 Å². The number of piperidine rings is 2.